The lowest BCUT2D eigenvalue weighted by Gasteiger charge is -2.19. The van der Waals surface area contributed by atoms with E-state index < -0.39 is 32.5 Å². The number of unbranched alkanes of at least 4 members (excludes halogenated alkanes) is 18. The molecule has 0 aromatic rings. The number of hydrogen-bond donors (Lipinski definition) is 2. The first-order valence-corrected chi connectivity index (χ1v) is 29.5. The highest BCUT2D eigenvalue weighted by Gasteiger charge is 2.26. The van der Waals surface area contributed by atoms with Crippen LogP contribution in [0.4, 0.5) is 0 Å². The van der Waals surface area contributed by atoms with Crippen LogP contribution in [0.1, 0.15) is 219 Å². The molecule has 0 heterocycles. The van der Waals surface area contributed by atoms with Crippen molar-refractivity contribution in [1.29, 1.82) is 0 Å². The maximum absolute atomic E-state index is 12.7. The Labute approximate surface area is 434 Å². The minimum Gasteiger partial charge on any atom is -0.462 e. The van der Waals surface area contributed by atoms with Crippen LogP contribution in [0.3, 0.4) is 0 Å². The molecule has 0 rings (SSSR count). The molecule has 0 aromatic heterocycles. The Bertz CT molecular complexity index is 1570. The molecule has 0 spiro atoms. The molecule has 0 saturated heterocycles. The Kier molecular flexibility index (Phi) is 52.9. The van der Waals surface area contributed by atoms with Gasteiger partial charge in [-0.15, -0.1) is 0 Å². The molecule has 3 N–H and O–H groups in total. The van der Waals surface area contributed by atoms with Gasteiger partial charge in [0.05, 0.1) is 13.2 Å². The molecule has 404 valence electrons. The summed E-state index contributed by atoms with van der Waals surface area (Å²) in [7, 11) is -4.40. The van der Waals surface area contributed by atoms with Crippen LogP contribution in [0.15, 0.2) is 122 Å². The Hall–Kier alpha value is -3.59. The number of nitrogens with two attached hydrogens (primary N) is 1. The van der Waals surface area contributed by atoms with Crippen LogP contribution < -0.4 is 5.73 Å². The highest BCUT2D eigenvalue weighted by molar-refractivity contribution is 7.47. The second-order valence-corrected chi connectivity index (χ2v) is 19.5. The summed E-state index contributed by atoms with van der Waals surface area (Å²) in [4.78, 5) is 35.1. The molecule has 2 atom stereocenters. The SMILES string of the molecule is CC/C=C\C/C=C\C/C=C\C/C=C\C/C=C\C/C=C\C/C=C\C/C=C\C/C=C\CCCCCC(=O)OC(COC(=O)CCCCCCCCCCC/C=C\CCCCCCCC)COP(=O)(O)OCCN. The van der Waals surface area contributed by atoms with Crippen molar-refractivity contribution in [2.24, 2.45) is 5.73 Å². The summed E-state index contributed by atoms with van der Waals surface area (Å²) in [6.07, 6.45) is 76.7. The van der Waals surface area contributed by atoms with E-state index in [0.717, 1.165) is 103 Å². The maximum atomic E-state index is 12.7. The third kappa shape index (κ3) is 55.6. The van der Waals surface area contributed by atoms with Gasteiger partial charge in [-0.3, -0.25) is 18.6 Å². The van der Waals surface area contributed by atoms with Crippen molar-refractivity contribution in [2.75, 3.05) is 26.4 Å². The summed E-state index contributed by atoms with van der Waals surface area (Å²) in [6, 6.07) is 0. The Morgan fingerprint density at radius 3 is 1.18 bits per heavy atom. The molecular weight excluding hydrogens is 906 g/mol. The van der Waals surface area contributed by atoms with Gasteiger partial charge in [0, 0.05) is 19.4 Å². The topological polar surface area (TPSA) is 134 Å². The predicted octanol–water partition coefficient (Wildman–Crippen LogP) is 17.6. The number of esters is 2. The zero-order valence-corrected chi connectivity index (χ0v) is 45.8. The summed E-state index contributed by atoms with van der Waals surface area (Å²) in [6.45, 7) is 3.57. The average molecular weight is 1010 g/mol. The van der Waals surface area contributed by atoms with Gasteiger partial charge in [-0.05, 0) is 109 Å². The standard InChI is InChI=1S/C61H102NO8P/c1-3-5-7-9-11-13-15-17-19-21-23-24-25-26-27-28-29-30-31-32-33-34-36-38-40-42-44-46-48-50-52-54-61(64)70-59(58-69-71(65,66)68-56-55-62)57-67-60(63)53-51-49-47-45-43-41-39-37-35-22-20-18-16-14-12-10-8-6-4-2/h5,7,11,13,17-20,23-24,26-27,29-30,32-33,36,38,42,44,59H,3-4,6,8-10,12,14-16,21-22,25,28,31,34-35,37,39-41,43,45-58,62H2,1-2H3,(H,65,66)/b7-5-,13-11-,19-17-,20-18-,24-23-,27-26-,30-29-,33-32-,38-36-,44-42-. The van der Waals surface area contributed by atoms with E-state index in [0.29, 0.717) is 6.42 Å². The van der Waals surface area contributed by atoms with E-state index >= 15 is 0 Å². The van der Waals surface area contributed by atoms with Crippen LogP contribution in [-0.4, -0.2) is 49.3 Å². The highest BCUT2D eigenvalue weighted by Crippen LogP contribution is 2.43. The number of phosphoric ester groups is 1. The van der Waals surface area contributed by atoms with Crippen molar-refractivity contribution in [1.82, 2.24) is 0 Å². The lowest BCUT2D eigenvalue weighted by molar-refractivity contribution is -0.161. The first kappa shape index (κ1) is 67.4. The molecule has 0 saturated carbocycles. The lowest BCUT2D eigenvalue weighted by Crippen LogP contribution is -2.29. The number of hydrogen-bond acceptors (Lipinski definition) is 8. The van der Waals surface area contributed by atoms with Crippen LogP contribution in [0.25, 0.3) is 0 Å². The van der Waals surface area contributed by atoms with Gasteiger partial charge in [-0.1, -0.05) is 219 Å². The van der Waals surface area contributed by atoms with Gasteiger partial charge in [0.1, 0.15) is 6.61 Å². The molecule has 0 amide bonds. The third-order valence-corrected chi connectivity index (χ3v) is 12.3. The molecule has 2 unspecified atom stereocenters. The largest absolute Gasteiger partial charge is 0.472 e. The zero-order valence-electron chi connectivity index (χ0n) is 44.9. The number of carbonyl (C=O) groups is 2. The molecule has 0 aliphatic rings. The molecule has 0 radical (unpaired) electrons. The molecule has 0 aliphatic heterocycles. The van der Waals surface area contributed by atoms with E-state index in [2.05, 4.69) is 135 Å². The average Bonchev–Trinajstić information content (AvgIpc) is 3.36. The van der Waals surface area contributed by atoms with Crippen molar-refractivity contribution in [3.8, 4) is 0 Å². The minimum absolute atomic E-state index is 0.0411. The van der Waals surface area contributed by atoms with Gasteiger partial charge in [-0.25, -0.2) is 4.57 Å². The van der Waals surface area contributed by atoms with Gasteiger partial charge in [0.2, 0.25) is 0 Å². The van der Waals surface area contributed by atoms with E-state index in [9.17, 15) is 19.0 Å². The summed E-state index contributed by atoms with van der Waals surface area (Å²) < 4.78 is 33.0. The molecule has 10 heteroatoms. The minimum atomic E-state index is -4.40. The van der Waals surface area contributed by atoms with Crippen molar-refractivity contribution in [3.63, 3.8) is 0 Å². The second kappa shape index (κ2) is 55.7. The van der Waals surface area contributed by atoms with Gasteiger partial charge < -0.3 is 20.1 Å². The molecule has 0 bridgehead atoms. The number of ether oxygens (including phenoxy) is 2. The number of carbonyl (C=O) groups excluding carboxylic acids is 2. The van der Waals surface area contributed by atoms with Gasteiger partial charge >= 0.3 is 19.8 Å². The molecule has 0 fully saturated rings. The fourth-order valence-electron chi connectivity index (χ4n) is 7.21. The quantitative estimate of drug-likeness (QED) is 0.0264. The highest BCUT2D eigenvalue weighted by atomic mass is 31.2. The first-order valence-electron chi connectivity index (χ1n) is 28.0. The van der Waals surface area contributed by atoms with Crippen molar-refractivity contribution < 1.29 is 37.6 Å². The normalized spacial score (nSPS) is 14.0. The molecular formula is C61H102NO8P. The van der Waals surface area contributed by atoms with Gasteiger partial charge in [0.25, 0.3) is 0 Å². The lowest BCUT2D eigenvalue weighted by atomic mass is 10.1. The van der Waals surface area contributed by atoms with E-state index in [1.807, 2.05) is 0 Å². The van der Waals surface area contributed by atoms with Crippen LogP contribution in [0.2, 0.25) is 0 Å². The fourth-order valence-corrected chi connectivity index (χ4v) is 7.98. The summed E-state index contributed by atoms with van der Waals surface area (Å²) in [5, 5.41) is 0. The summed E-state index contributed by atoms with van der Waals surface area (Å²) in [5.41, 5.74) is 5.37. The van der Waals surface area contributed by atoms with Crippen LogP contribution in [0, 0.1) is 0 Å². The molecule has 9 nitrogen and oxygen atoms in total. The van der Waals surface area contributed by atoms with E-state index in [4.69, 9.17) is 24.3 Å². The van der Waals surface area contributed by atoms with Crippen molar-refractivity contribution in [3.05, 3.63) is 122 Å². The monoisotopic (exact) mass is 1010 g/mol. The van der Waals surface area contributed by atoms with E-state index in [1.165, 1.54) is 83.5 Å². The van der Waals surface area contributed by atoms with Crippen LogP contribution >= 0.6 is 7.82 Å². The van der Waals surface area contributed by atoms with Crippen LogP contribution in [0.5, 0.6) is 0 Å². The fraction of sp³-hybridized carbons (Fsp3) is 0.639. The summed E-state index contributed by atoms with van der Waals surface area (Å²) in [5.74, 6) is -0.875. The Morgan fingerprint density at radius 2 is 0.775 bits per heavy atom. The third-order valence-electron chi connectivity index (χ3n) is 11.3. The van der Waals surface area contributed by atoms with Gasteiger partial charge in [-0.2, -0.15) is 0 Å². The Balaban J connectivity index is 4.13. The zero-order chi connectivity index (χ0) is 51.7. The molecule has 0 aliphatic carbocycles. The summed E-state index contributed by atoms with van der Waals surface area (Å²) >= 11 is 0. The number of rotatable bonds is 51. The van der Waals surface area contributed by atoms with Crippen molar-refractivity contribution in [2.45, 2.75) is 225 Å². The molecule has 0 aromatic carbocycles. The predicted molar refractivity (Wildman–Crippen MR) is 302 cm³/mol. The van der Waals surface area contributed by atoms with Crippen molar-refractivity contribution >= 4 is 19.8 Å². The second-order valence-electron chi connectivity index (χ2n) is 18.1. The van der Waals surface area contributed by atoms with E-state index in [1.54, 1.807) is 0 Å². The number of phosphoric acid groups is 1. The number of allylic oxidation sites excluding steroid dienone is 20. The smallest absolute Gasteiger partial charge is 0.462 e. The molecule has 71 heavy (non-hydrogen) atoms. The Morgan fingerprint density at radius 1 is 0.437 bits per heavy atom. The maximum Gasteiger partial charge on any atom is 0.472 e. The van der Waals surface area contributed by atoms with E-state index in [-0.39, 0.29) is 32.6 Å². The van der Waals surface area contributed by atoms with Crippen LogP contribution in [-0.2, 0) is 32.7 Å². The first-order chi connectivity index (χ1) is 34.8. The van der Waals surface area contributed by atoms with Gasteiger partial charge in [0.15, 0.2) is 6.10 Å².